The van der Waals surface area contributed by atoms with Crippen molar-refractivity contribution in [1.82, 2.24) is 9.97 Å². The number of ether oxygens (including phenoxy) is 1. The Labute approximate surface area is 215 Å². The normalized spacial score (nSPS) is 18.9. The third-order valence-electron chi connectivity index (χ3n) is 8.16. The third-order valence-corrected chi connectivity index (χ3v) is 8.16. The fourth-order valence-corrected chi connectivity index (χ4v) is 5.60. The van der Waals surface area contributed by atoms with Crippen molar-refractivity contribution in [1.29, 1.82) is 0 Å². The highest BCUT2D eigenvalue weighted by Gasteiger charge is 2.24. The zero-order valence-corrected chi connectivity index (χ0v) is 22.8. The van der Waals surface area contributed by atoms with Crippen LogP contribution in [-0.4, -0.2) is 16.6 Å². The van der Waals surface area contributed by atoms with Crippen molar-refractivity contribution < 1.29 is 4.74 Å². The molecule has 35 heavy (non-hydrogen) atoms. The summed E-state index contributed by atoms with van der Waals surface area (Å²) in [7, 11) is 0. The number of unbranched alkanes of at least 4 members (excludes halogenated alkanes) is 3. The maximum atomic E-state index is 6.08. The second-order valence-corrected chi connectivity index (χ2v) is 11.0. The van der Waals surface area contributed by atoms with E-state index in [1.807, 2.05) is 12.4 Å². The molecule has 0 aliphatic heterocycles. The maximum Gasteiger partial charge on any atom is 0.159 e. The molecule has 2 unspecified atom stereocenters. The molecule has 0 bridgehead atoms. The van der Waals surface area contributed by atoms with Gasteiger partial charge >= 0.3 is 0 Å². The molecule has 0 spiro atoms. The summed E-state index contributed by atoms with van der Waals surface area (Å²) >= 11 is 0. The second kappa shape index (κ2) is 16.0. The van der Waals surface area contributed by atoms with Crippen LogP contribution < -0.4 is 4.74 Å². The molecule has 3 heteroatoms. The molecule has 1 aliphatic rings. The molecular formula is C32H50N2O. The molecule has 0 radical (unpaired) electrons. The molecule has 3 atom stereocenters. The van der Waals surface area contributed by atoms with Crippen molar-refractivity contribution in [3.05, 3.63) is 42.2 Å². The van der Waals surface area contributed by atoms with E-state index in [1.54, 1.807) is 0 Å². The Balaban J connectivity index is 1.37. The second-order valence-electron chi connectivity index (χ2n) is 11.0. The Morgan fingerprint density at radius 2 is 1.54 bits per heavy atom. The third kappa shape index (κ3) is 9.94. The van der Waals surface area contributed by atoms with E-state index in [2.05, 4.69) is 55.0 Å². The minimum absolute atomic E-state index is 0.798. The summed E-state index contributed by atoms with van der Waals surface area (Å²) in [6.07, 6.45) is 24.0. The van der Waals surface area contributed by atoms with Gasteiger partial charge < -0.3 is 4.74 Å². The minimum Gasteiger partial charge on any atom is -0.494 e. The fraction of sp³-hybridized carbons (Fsp3) is 0.688. The summed E-state index contributed by atoms with van der Waals surface area (Å²) in [5.41, 5.74) is 2.29. The van der Waals surface area contributed by atoms with Gasteiger partial charge in [-0.3, -0.25) is 0 Å². The molecule has 1 aliphatic carbocycles. The first-order valence-corrected chi connectivity index (χ1v) is 14.7. The number of rotatable bonds is 16. The van der Waals surface area contributed by atoms with Crippen LogP contribution in [0.25, 0.3) is 11.4 Å². The van der Waals surface area contributed by atoms with Crippen LogP contribution in [0.5, 0.6) is 5.75 Å². The number of hydrogen-bond donors (Lipinski definition) is 0. The molecule has 1 aromatic carbocycles. The SMILES string of the molecule is CCCCCC1CCCCC1CCCOc1ccc(-c2ncc(CCCC[C@@H](C)CC)cn2)cc1. The lowest BCUT2D eigenvalue weighted by molar-refractivity contribution is 0.190. The highest BCUT2D eigenvalue weighted by molar-refractivity contribution is 5.55. The fourth-order valence-electron chi connectivity index (χ4n) is 5.60. The first kappa shape index (κ1) is 27.7. The molecule has 1 heterocycles. The van der Waals surface area contributed by atoms with Crippen LogP contribution in [0.2, 0.25) is 0 Å². The number of benzene rings is 1. The maximum absolute atomic E-state index is 6.08. The van der Waals surface area contributed by atoms with Gasteiger partial charge in [0.2, 0.25) is 0 Å². The van der Waals surface area contributed by atoms with E-state index >= 15 is 0 Å². The van der Waals surface area contributed by atoms with Crippen LogP contribution in [0.4, 0.5) is 0 Å². The van der Waals surface area contributed by atoms with Crippen molar-refractivity contribution in [3.8, 4) is 17.1 Å². The van der Waals surface area contributed by atoms with E-state index in [-0.39, 0.29) is 0 Å². The highest BCUT2D eigenvalue weighted by atomic mass is 16.5. The summed E-state index contributed by atoms with van der Waals surface area (Å²) in [5.74, 6) is 4.48. The van der Waals surface area contributed by atoms with Gasteiger partial charge in [0.25, 0.3) is 0 Å². The number of nitrogens with zero attached hydrogens (tertiary/aromatic N) is 2. The smallest absolute Gasteiger partial charge is 0.159 e. The molecule has 1 aromatic heterocycles. The zero-order valence-electron chi connectivity index (χ0n) is 22.8. The van der Waals surface area contributed by atoms with E-state index in [0.717, 1.165) is 47.9 Å². The van der Waals surface area contributed by atoms with Crippen LogP contribution >= 0.6 is 0 Å². The van der Waals surface area contributed by atoms with Gasteiger partial charge in [0.05, 0.1) is 6.61 Å². The lowest BCUT2D eigenvalue weighted by Crippen LogP contribution is -2.20. The van der Waals surface area contributed by atoms with Gasteiger partial charge in [-0.2, -0.15) is 0 Å². The molecule has 0 amide bonds. The van der Waals surface area contributed by atoms with Crippen molar-refractivity contribution in [2.45, 2.75) is 117 Å². The van der Waals surface area contributed by atoms with Crippen LogP contribution in [-0.2, 0) is 6.42 Å². The average molecular weight is 479 g/mol. The van der Waals surface area contributed by atoms with Gasteiger partial charge in [0, 0.05) is 18.0 Å². The van der Waals surface area contributed by atoms with Crippen LogP contribution in [0.15, 0.2) is 36.7 Å². The predicted octanol–water partition coefficient (Wildman–Crippen LogP) is 9.45. The zero-order chi connectivity index (χ0) is 24.7. The quantitative estimate of drug-likeness (QED) is 0.225. The Bertz CT molecular complexity index is 801. The van der Waals surface area contributed by atoms with Gasteiger partial charge in [0.1, 0.15) is 5.75 Å². The largest absolute Gasteiger partial charge is 0.494 e. The first-order valence-electron chi connectivity index (χ1n) is 14.7. The molecule has 1 fully saturated rings. The van der Waals surface area contributed by atoms with Crippen molar-refractivity contribution >= 4 is 0 Å². The van der Waals surface area contributed by atoms with Gasteiger partial charge in [0.15, 0.2) is 5.82 Å². The topological polar surface area (TPSA) is 35.0 Å². The predicted molar refractivity (Wildman–Crippen MR) is 149 cm³/mol. The molecule has 0 N–H and O–H groups in total. The molecule has 3 nitrogen and oxygen atoms in total. The number of aryl methyl sites for hydroxylation is 1. The summed E-state index contributed by atoms with van der Waals surface area (Å²) < 4.78 is 6.08. The van der Waals surface area contributed by atoms with E-state index < -0.39 is 0 Å². The summed E-state index contributed by atoms with van der Waals surface area (Å²) in [4.78, 5) is 9.24. The van der Waals surface area contributed by atoms with Crippen molar-refractivity contribution in [2.24, 2.45) is 17.8 Å². The van der Waals surface area contributed by atoms with Crippen molar-refractivity contribution in [3.63, 3.8) is 0 Å². The Hall–Kier alpha value is -1.90. The molecule has 0 saturated heterocycles. The highest BCUT2D eigenvalue weighted by Crippen LogP contribution is 2.36. The van der Waals surface area contributed by atoms with Gasteiger partial charge in [-0.25, -0.2) is 9.97 Å². The van der Waals surface area contributed by atoms with Crippen molar-refractivity contribution in [2.75, 3.05) is 6.61 Å². The van der Waals surface area contributed by atoms with Gasteiger partial charge in [-0.05, 0) is 73.3 Å². The van der Waals surface area contributed by atoms with Crippen LogP contribution in [0.1, 0.15) is 116 Å². The summed E-state index contributed by atoms with van der Waals surface area (Å²) in [6.45, 7) is 7.75. The summed E-state index contributed by atoms with van der Waals surface area (Å²) in [6, 6.07) is 8.30. The number of aromatic nitrogens is 2. The first-order chi connectivity index (χ1) is 17.2. The Kier molecular flexibility index (Phi) is 12.6. The van der Waals surface area contributed by atoms with Crippen LogP contribution in [0, 0.1) is 17.8 Å². The van der Waals surface area contributed by atoms with Crippen LogP contribution in [0.3, 0.4) is 0 Å². The summed E-state index contributed by atoms with van der Waals surface area (Å²) in [5, 5.41) is 0. The van der Waals surface area contributed by atoms with Gasteiger partial charge in [-0.1, -0.05) is 91.4 Å². The van der Waals surface area contributed by atoms with Gasteiger partial charge in [-0.15, -0.1) is 0 Å². The standard InChI is InChI=1S/C32H50N2O/c1-4-6-7-15-28-16-10-11-17-29(28)18-12-23-35-31-21-19-30(20-22-31)32-33-24-27(25-34-32)14-9-8-13-26(3)5-2/h19-22,24-26,28-29H,4-18,23H2,1-3H3/t26-,28?,29?/m0/s1. The van der Waals surface area contributed by atoms with E-state index in [0.29, 0.717) is 0 Å². The monoisotopic (exact) mass is 478 g/mol. The number of hydrogen-bond acceptors (Lipinski definition) is 3. The lowest BCUT2D eigenvalue weighted by atomic mass is 9.74. The lowest BCUT2D eigenvalue weighted by Gasteiger charge is -2.31. The molecule has 1 saturated carbocycles. The molecule has 2 aromatic rings. The Morgan fingerprint density at radius 3 is 2.20 bits per heavy atom. The van der Waals surface area contributed by atoms with E-state index in [9.17, 15) is 0 Å². The Morgan fingerprint density at radius 1 is 0.857 bits per heavy atom. The molecule has 3 rings (SSSR count). The van der Waals surface area contributed by atoms with E-state index in [1.165, 1.54) is 95.5 Å². The molecule has 194 valence electrons. The van der Waals surface area contributed by atoms with E-state index in [4.69, 9.17) is 4.74 Å². The molecular weight excluding hydrogens is 428 g/mol. The minimum atomic E-state index is 0.798. The average Bonchev–Trinajstić information content (AvgIpc) is 2.90.